The van der Waals surface area contributed by atoms with Gasteiger partial charge in [-0.3, -0.25) is 4.79 Å². The second kappa shape index (κ2) is 9.98. The minimum atomic E-state index is 0.108. The molecule has 2 saturated heterocycles. The normalized spacial score (nSPS) is 18.2. The van der Waals surface area contributed by atoms with Gasteiger partial charge in [-0.05, 0) is 55.7 Å². The number of para-hydroxylation sites is 1. The number of carbonyl (C=O) groups excluding carboxylic acids is 1. The Labute approximate surface area is 180 Å². The summed E-state index contributed by atoms with van der Waals surface area (Å²) in [6.45, 7) is 8.98. The lowest BCUT2D eigenvalue weighted by Gasteiger charge is -2.34. The Hall–Kier alpha value is -2.53. The maximum Gasteiger partial charge on any atom is 0.279 e. The molecule has 0 spiro atoms. The van der Waals surface area contributed by atoms with Gasteiger partial charge >= 0.3 is 0 Å². The second-order valence-electron chi connectivity index (χ2n) is 8.70. The van der Waals surface area contributed by atoms with Crippen molar-refractivity contribution in [1.29, 1.82) is 0 Å². The summed E-state index contributed by atoms with van der Waals surface area (Å²) in [4.78, 5) is 18.8. The highest BCUT2D eigenvalue weighted by Gasteiger charge is 2.23. The summed E-state index contributed by atoms with van der Waals surface area (Å²) >= 11 is 0. The lowest BCUT2D eigenvalue weighted by molar-refractivity contribution is -0.892. The number of hydrogen-bond acceptors (Lipinski definition) is 3. The summed E-state index contributed by atoms with van der Waals surface area (Å²) in [7, 11) is 0. The Morgan fingerprint density at radius 3 is 2.20 bits per heavy atom. The molecule has 0 saturated carbocycles. The molecule has 2 aromatic carbocycles. The first-order valence-corrected chi connectivity index (χ1v) is 11.5. The third-order valence-corrected chi connectivity index (χ3v) is 6.46. The van der Waals surface area contributed by atoms with E-state index in [9.17, 15) is 4.79 Å². The van der Waals surface area contributed by atoms with Crippen molar-refractivity contribution in [3.05, 3.63) is 54.1 Å². The standard InChI is InChI=1S/C25H34N4O/c1-21-8-4-5-9-24(21)29-18-16-27(17-19-29)20-25(30)26-22-10-12-23(13-11-22)28-14-6-2-3-7-15-28/h4-5,8-13H,2-3,6-7,14-20H2,1H3,(H,26,30)/p+1. The molecule has 0 aromatic heterocycles. The number of hydrogen-bond donors (Lipinski definition) is 2. The number of anilines is 3. The van der Waals surface area contributed by atoms with Crippen molar-refractivity contribution in [2.24, 2.45) is 0 Å². The number of aryl methyl sites for hydroxylation is 1. The highest BCUT2D eigenvalue weighted by Crippen LogP contribution is 2.22. The minimum Gasteiger partial charge on any atom is -0.372 e. The van der Waals surface area contributed by atoms with Gasteiger partial charge in [-0.2, -0.15) is 0 Å². The average molecular weight is 408 g/mol. The van der Waals surface area contributed by atoms with Gasteiger partial charge in [0, 0.05) is 30.2 Å². The third kappa shape index (κ3) is 5.33. The molecule has 30 heavy (non-hydrogen) atoms. The molecular formula is C25H35N4O+. The van der Waals surface area contributed by atoms with E-state index in [0.717, 1.165) is 45.0 Å². The van der Waals surface area contributed by atoms with E-state index >= 15 is 0 Å². The van der Waals surface area contributed by atoms with Crippen molar-refractivity contribution in [3.63, 3.8) is 0 Å². The van der Waals surface area contributed by atoms with Crippen molar-refractivity contribution in [2.45, 2.75) is 32.6 Å². The van der Waals surface area contributed by atoms with Gasteiger partial charge in [-0.15, -0.1) is 0 Å². The van der Waals surface area contributed by atoms with Crippen LogP contribution in [0.3, 0.4) is 0 Å². The number of quaternary nitrogens is 1. The van der Waals surface area contributed by atoms with E-state index in [0.29, 0.717) is 6.54 Å². The first-order chi connectivity index (χ1) is 14.7. The summed E-state index contributed by atoms with van der Waals surface area (Å²) < 4.78 is 0. The number of nitrogens with one attached hydrogen (secondary N) is 2. The maximum atomic E-state index is 12.6. The van der Waals surface area contributed by atoms with Crippen LogP contribution in [-0.4, -0.2) is 51.7 Å². The highest BCUT2D eigenvalue weighted by molar-refractivity contribution is 5.91. The molecule has 0 bridgehead atoms. The van der Waals surface area contributed by atoms with Gasteiger partial charge < -0.3 is 20.0 Å². The summed E-state index contributed by atoms with van der Waals surface area (Å²) in [6.07, 6.45) is 5.23. The third-order valence-electron chi connectivity index (χ3n) is 6.46. The van der Waals surface area contributed by atoms with Gasteiger partial charge in [0.25, 0.3) is 5.91 Å². The number of carbonyl (C=O) groups is 1. The van der Waals surface area contributed by atoms with Crippen LogP contribution in [0.25, 0.3) is 0 Å². The Kier molecular flexibility index (Phi) is 6.90. The summed E-state index contributed by atoms with van der Waals surface area (Å²) in [6, 6.07) is 16.9. The SMILES string of the molecule is Cc1ccccc1N1CC[NH+](CC(=O)Nc2ccc(N3CCCCCC3)cc2)CC1. The van der Waals surface area contributed by atoms with Gasteiger partial charge in [0.15, 0.2) is 6.54 Å². The zero-order valence-corrected chi connectivity index (χ0v) is 18.2. The van der Waals surface area contributed by atoms with Crippen molar-refractivity contribution in [1.82, 2.24) is 0 Å². The van der Waals surface area contributed by atoms with Crippen LogP contribution in [0.1, 0.15) is 31.2 Å². The zero-order valence-electron chi connectivity index (χ0n) is 18.2. The number of nitrogens with zero attached hydrogens (tertiary/aromatic N) is 2. The molecule has 2 heterocycles. The van der Waals surface area contributed by atoms with Gasteiger partial charge in [-0.1, -0.05) is 31.0 Å². The van der Waals surface area contributed by atoms with Gasteiger partial charge in [-0.25, -0.2) is 0 Å². The lowest BCUT2D eigenvalue weighted by Crippen LogP contribution is -3.15. The molecule has 2 aromatic rings. The Morgan fingerprint density at radius 2 is 1.53 bits per heavy atom. The van der Waals surface area contributed by atoms with E-state index in [1.54, 1.807) is 0 Å². The van der Waals surface area contributed by atoms with E-state index in [1.807, 2.05) is 12.1 Å². The first kappa shape index (κ1) is 20.7. The van der Waals surface area contributed by atoms with Crippen LogP contribution in [0, 0.1) is 6.92 Å². The first-order valence-electron chi connectivity index (χ1n) is 11.5. The largest absolute Gasteiger partial charge is 0.372 e. The number of rotatable bonds is 5. The predicted octanol–water partition coefficient (Wildman–Crippen LogP) is 2.72. The Morgan fingerprint density at radius 1 is 0.867 bits per heavy atom. The molecule has 4 rings (SSSR count). The van der Waals surface area contributed by atoms with Gasteiger partial charge in [0.05, 0.1) is 26.2 Å². The zero-order chi connectivity index (χ0) is 20.8. The van der Waals surface area contributed by atoms with E-state index in [-0.39, 0.29) is 5.91 Å². The van der Waals surface area contributed by atoms with Crippen molar-refractivity contribution in [2.75, 3.05) is 60.9 Å². The Bertz CT molecular complexity index is 819. The van der Waals surface area contributed by atoms with Crippen LogP contribution in [0.2, 0.25) is 0 Å². The molecule has 2 N–H and O–H groups in total. The van der Waals surface area contributed by atoms with E-state index < -0.39 is 0 Å². The second-order valence-corrected chi connectivity index (χ2v) is 8.70. The molecule has 160 valence electrons. The van der Waals surface area contributed by atoms with E-state index in [4.69, 9.17) is 0 Å². The predicted molar refractivity (Wildman–Crippen MR) is 125 cm³/mol. The fourth-order valence-corrected chi connectivity index (χ4v) is 4.68. The molecule has 2 aliphatic rings. The number of benzene rings is 2. The van der Waals surface area contributed by atoms with Crippen LogP contribution in [0.5, 0.6) is 0 Å². The number of amides is 1. The topological polar surface area (TPSA) is 40.0 Å². The van der Waals surface area contributed by atoms with Gasteiger partial charge in [0.1, 0.15) is 0 Å². The van der Waals surface area contributed by atoms with Crippen LogP contribution < -0.4 is 20.0 Å². The van der Waals surface area contributed by atoms with E-state index in [2.05, 4.69) is 58.4 Å². The molecule has 0 aliphatic carbocycles. The molecule has 2 aliphatic heterocycles. The number of piperazine rings is 1. The Balaban J connectivity index is 1.24. The van der Waals surface area contributed by atoms with Crippen LogP contribution in [0.15, 0.2) is 48.5 Å². The fourth-order valence-electron chi connectivity index (χ4n) is 4.68. The molecule has 5 nitrogen and oxygen atoms in total. The molecule has 0 radical (unpaired) electrons. The minimum absolute atomic E-state index is 0.108. The summed E-state index contributed by atoms with van der Waals surface area (Å²) in [5.74, 6) is 0.108. The quantitative estimate of drug-likeness (QED) is 0.801. The summed E-state index contributed by atoms with van der Waals surface area (Å²) in [5.41, 5.74) is 4.82. The van der Waals surface area contributed by atoms with Crippen molar-refractivity contribution >= 4 is 23.0 Å². The maximum absolute atomic E-state index is 12.6. The molecule has 1 amide bonds. The van der Waals surface area contributed by atoms with E-state index in [1.165, 1.54) is 47.5 Å². The van der Waals surface area contributed by atoms with Crippen LogP contribution in [-0.2, 0) is 4.79 Å². The van der Waals surface area contributed by atoms with Crippen LogP contribution in [0.4, 0.5) is 17.1 Å². The lowest BCUT2D eigenvalue weighted by atomic mass is 10.1. The summed E-state index contributed by atoms with van der Waals surface area (Å²) in [5, 5.41) is 3.09. The molecule has 5 heteroatoms. The molecular weight excluding hydrogens is 372 g/mol. The van der Waals surface area contributed by atoms with Crippen molar-refractivity contribution in [3.8, 4) is 0 Å². The van der Waals surface area contributed by atoms with Gasteiger partial charge in [0.2, 0.25) is 0 Å². The average Bonchev–Trinajstić information content (AvgIpc) is 3.05. The fraction of sp³-hybridized carbons (Fsp3) is 0.480. The molecule has 0 atom stereocenters. The van der Waals surface area contributed by atoms with Crippen molar-refractivity contribution < 1.29 is 9.69 Å². The monoisotopic (exact) mass is 407 g/mol. The highest BCUT2D eigenvalue weighted by atomic mass is 16.2. The molecule has 2 fully saturated rings. The smallest absolute Gasteiger partial charge is 0.279 e. The molecule has 0 unspecified atom stereocenters. The van der Waals surface area contributed by atoms with Crippen LogP contribution >= 0.6 is 0 Å².